The maximum absolute atomic E-state index is 12.2. The summed E-state index contributed by atoms with van der Waals surface area (Å²) in [5.74, 6) is 2.07. The molecule has 2 aliphatic heterocycles. The Morgan fingerprint density at radius 3 is 2.27 bits per heavy atom. The molecule has 0 saturated carbocycles. The van der Waals surface area contributed by atoms with Gasteiger partial charge in [-0.1, -0.05) is 41.9 Å². The zero-order valence-electron chi connectivity index (χ0n) is 16.2. The van der Waals surface area contributed by atoms with Crippen molar-refractivity contribution in [3.63, 3.8) is 0 Å². The topological polar surface area (TPSA) is 48.0 Å². The van der Waals surface area contributed by atoms with Gasteiger partial charge in [0.05, 0.1) is 11.2 Å². The predicted molar refractivity (Wildman–Crippen MR) is 102 cm³/mol. The average Bonchev–Trinajstić information content (AvgIpc) is 2.81. The van der Waals surface area contributed by atoms with Gasteiger partial charge in [-0.15, -0.1) is 0 Å². The third kappa shape index (κ3) is 4.30. The van der Waals surface area contributed by atoms with E-state index >= 15 is 0 Å². The lowest BCUT2D eigenvalue weighted by Gasteiger charge is -2.32. The van der Waals surface area contributed by atoms with Gasteiger partial charge in [-0.2, -0.15) is 0 Å². The van der Waals surface area contributed by atoms with Crippen LogP contribution in [0.5, 0.6) is 0 Å². The van der Waals surface area contributed by atoms with Crippen molar-refractivity contribution >= 4 is 13.2 Å². The Morgan fingerprint density at radius 2 is 1.69 bits per heavy atom. The van der Waals surface area contributed by atoms with Gasteiger partial charge in [0, 0.05) is 13.1 Å². The number of carbonyl (C=O) groups excluding carboxylic acids is 1. The Balaban J connectivity index is 1.47. The first-order chi connectivity index (χ1) is 12.3. The molecule has 0 atom stereocenters. The average molecular weight is 357 g/mol. The molecule has 0 radical (unpaired) electrons. The van der Waals surface area contributed by atoms with E-state index in [9.17, 15) is 4.79 Å². The van der Waals surface area contributed by atoms with Gasteiger partial charge >= 0.3 is 13.2 Å². The van der Waals surface area contributed by atoms with E-state index in [0.717, 1.165) is 18.4 Å². The van der Waals surface area contributed by atoms with Gasteiger partial charge in [0.25, 0.3) is 0 Å². The molecule has 2 fully saturated rings. The SMILES string of the molecule is CC1(C)OB(C=C2CCN(C(=O)OCc3ccccc3)CC2)OC1(C)C. The summed E-state index contributed by atoms with van der Waals surface area (Å²) in [5.41, 5.74) is 1.63. The highest BCUT2D eigenvalue weighted by Crippen LogP contribution is 2.37. The molecule has 140 valence electrons. The lowest BCUT2D eigenvalue weighted by molar-refractivity contribution is 0.00578. The van der Waals surface area contributed by atoms with Crippen molar-refractivity contribution in [2.45, 2.75) is 58.3 Å². The van der Waals surface area contributed by atoms with E-state index in [2.05, 4.69) is 33.7 Å². The number of benzene rings is 1. The van der Waals surface area contributed by atoms with Crippen LogP contribution < -0.4 is 0 Å². The number of piperidine rings is 1. The van der Waals surface area contributed by atoms with Crippen molar-refractivity contribution in [2.24, 2.45) is 0 Å². The van der Waals surface area contributed by atoms with E-state index in [-0.39, 0.29) is 24.4 Å². The van der Waals surface area contributed by atoms with Gasteiger partial charge in [-0.3, -0.25) is 0 Å². The van der Waals surface area contributed by atoms with Crippen LogP contribution in [0.4, 0.5) is 4.79 Å². The van der Waals surface area contributed by atoms with Crippen LogP contribution in [0, 0.1) is 0 Å². The van der Waals surface area contributed by atoms with Crippen LogP contribution in [-0.4, -0.2) is 42.4 Å². The summed E-state index contributed by atoms with van der Waals surface area (Å²) in [6.07, 6.45) is 1.40. The molecule has 2 heterocycles. The number of nitrogens with zero attached hydrogens (tertiary/aromatic N) is 1. The molecule has 0 aromatic heterocycles. The largest absolute Gasteiger partial charge is 0.487 e. The standard InChI is InChI=1S/C20H28BNO4/c1-19(2)20(3,4)26-21(25-19)14-16-10-12-22(13-11-16)18(23)24-15-17-8-6-5-7-9-17/h5-9,14H,10-13,15H2,1-4H3. The Bertz CT molecular complexity index is 646. The van der Waals surface area contributed by atoms with Crippen LogP contribution in [0.3, 0.4) is 0 Å². The van der Waals surface area contributed by atoms with Crippen LogP contribution >= 0.6 is 0 Å². The summed E-state index contributed by atoms with van der Waals surface area (Å²) in [6.45, 7) is 9.85. The van der Waals surface area contributed by atoms with E-state index in [4.69, 9.17) is 14.0 Å². The second kappa shape index (κ2) is 7.45. The molecule has 2 saturated heterocycles. The van der Waals surface area contributed by atoms with E-state index in [0.29, 0.717) is 19.7 Å². The van der Waals surface area contributed by atoms with Crippen molar-refractivity contribution in [3.8, 4) is 0 Å². The highest BCUT2D eigenvalue weighted by Gasteiger charge is 2.50. The fraction of sp³-hybridized carbons (Fsp3) is 0.550. The molecule has 0 N–H and O–H groups in total. The fourth-order valence-corrected chi connectivity index (χ4v) is 3.10. The zero-order valence-corrected chi connectivity index (χ0v) is 16.2. The minimum Gasteiger partial charge on any atom is -0.445 e. The van der Waals surface area contributed by atoms with Crippen molar-refractivity contribution in [2.75, 3.05) is 13.1 Å². The van der Waals surface area contributed by atoms with Crippen molar-refractivity contribution in [1.82, 2.24) is 4.90 Å². The smallest absolute Gasteiger partial charge is 0.445 e. The van der Waals surface area contributed by atoms with Crippen LogP contribution in [-0.2, 0) is 20.7 Å². The summed E-state index contributed by atoms with van der Waals surface area (Å²) in [6, 6.07) is 9.74. The molecule has 0 bridgehead atoms. The van der Waals surface area contributed by atoms with Gasteiger partial charge in [0.15, 0.2) is 0 Å². The van der Waals surface area contributed by atoms with Crippen LogP contribution in [0.2, 0.25) is 0 Å². The Labute approximate surface area is 156 Å². The molecule has 26 heavy (non-hydrogen) atoms. The summed E-state index contributed by atoms with van der Waals surface area (Å²) < 4.78 is 17.5. The number of likely N-dealkylation sites (tertiary alicyclic amines) is 1. The number of rotatable bonds is 3. The minimum atomic E-state index is -0.323. The number of hydrogen-bond donors (Lipinski definition) is 0. The number of carbonyl (C=O) groups is 1. The van der Waals surface area contributed by atoms with Crippen LogP contribution in [0.1, 0.15) is 46.1 Å². The van der Waals surface area contributed by atoms with Crippen molar-refractivity contribution in [1.29, 1.82) is 0 Å². The van der Waals surface area contributed by atoms with Gasteiger partial charge in [0.2, 0.25) is 0 Å². The molecule has 6 heteroatoms. The third-order valence-corrected chi connectivity index (χ3v) is 5.51. The van der Waals surface area contributed by atoms with Gasteiger partial charge < -0.3 is 18.9 Å². The maximum atomic E-state index is 12.2. The summed E-state index contributed by atoms with van der Waals surface area (Å²) in [4.78, 5) is 14.0. The molecule has 5 nitrogen and oxygen atoms in total. The molecule has 0 aliphatic carbocycles. The molecule has 1 aromatic rings. The Kier molecular flexibility index (Phi) is 5.44. The number of amides is 1. The van der Waals surface area contributed by atoms with Gasteiger partial charge in [0.1, 0.15) is 6.61 Å². The maximum Gasteiger partial charge on any atom is 0.487 e. The summed E-state index contributed by atoms with van der Waals surface area (Å²) in [5, 5.41) is 0. The minimum absolute atomic E-state index is 0.247. The highest BCUT2D eigenvalue weighted by molar-refractivity contribution is 6.51. The molecular formula is C20H28BNO4. The van der Waals surface area contributed by atoms with E-state index < -0.39 is 0 Å². The van der Waals surface area contributed by atoms with E-state index in [1.54, 1.807) is 4.90 Å². The fourth-order valence-electron chi connectivity index (χ4n) is 3.10. The summed E-state index contributed by atoms with van der Waals surface area (Å²) in [7, 11) is -0.313. The van der Waals surface area contributed by atoms with Crippen LogP contribution in [0.15, 0.2) is 41.9 Å². The van der Waals surface area contributed by atoms with Crippen molar-refractivity contribution < 1.29 is 18.8 Å². The third-order valence-electron chi connectivity index (χ3n) is 5.51. The quantitative estimate of drug-likeness (QED) is 0.768. The summed E-state index contributed by atoms with van der Waals surface area (Å²) >= 11 is 0. The Hall–Kier alpha value is -1.79. The number of hydrogen-bond acceptors (Lipinski definition) is 4. The van der Waals surface area contributed by atoms with E-state index in [1.807, 2.05) is 30.3 Å². The lowest BCUT2D eigenvalue weighted by atomic mass is 9.84. The zero-order chi connectivity index (χ0) is 18.8. The highest BCUT2D eigenvalue weighted by atomic mass is 16.7. The molecule has 1 amide bonds. The first kappa shape index (κ1) is 19.0. The van der Waals surface area contributed by atoms with Gasteiger partial charge in [-0.05, 0) is 46.1 Å². The molecule has 1 aromatic carbocycles. The normalized spacial score (nSPS) is 21.6. The predicted octanol–water partition coefficient (Wildman–Crippen LogP) is 3.98. The van der Waals surface area contributed by atoms with Gasteiger partial charge in [-0.25, -0.2) is 4.79 Å². The molecular weight excluding hydrogens is 329 g/mol. The number of ether oxygens (including phenoxy) is 1. The van der Waals surface area contributed by atoms with Crippen LogP contribution in [0.25, 0.3) is 0 Å². The van der Waals surface area contributed by atoms with Crippen molar-refractivity contribution in [3.05, 3.63) is 47.4 Å². The first-order valence-electron chi connectivity index (χ1n) is 9.28. The Morgan fingerprint density at radius 1 is 1.12 bits per heavy atom. The lowest BCUT2D eigenvalue weighted by Crippen LogP contribution is -2.41. The molecule has 0 unspecified atom stereocenters. The second-order valence-corrected chi connectivity index (χ2v) is 7.98. The van der Waals surface area contributed by atoms with E-state index in [1.165, 1.54) is 5.57 Å². The first-order valence-corrected chi connectivity index (χ1v) is 9.28. The monoisotopic (exact) mass is 357 g/mol. The molecule has 0 spiro atoms. The molecule has 2 aliphatic rings. The second-order valence-electron chi connectivity index (χ2n) is 7.98. The molecule has 3 rings (SSSR count).